The molecule has 10 nitrogen and oxygen atoms in total. The van der Waals surface area contributed by atoms with Crippen LogP contribution in [0.1, 0.15) is 104 Å². The van der Waals surface area contributed by atoms with Crippen molar-refractivity contribution in [2.45, 2.75) is 140 Å². The molecule has 294 valence electrons. The van der Waals surface area contributed by atoms with Crippen LogP contribution in [0.4, 0.5) is 0 Å². The number of quaternary nitrogens is 1. The van der Waals surface area contributed by atoms with Gasteiger partial charge in [-0.15, -0.1) is 0 Å². The largest absolute Gasteiger partial charge is 0.462 e. The van der Waals surface area contributed by atoms with Crippen molar-refractivity contribution in [3.8, 4) is 0 Å². The van der Waals surface area contributed by atoms with Crippen molar-refractivity contribution in [2.75, 3.05) is 31.2 Å². The highest BCUT2D eigenvalue weighted by atomic mass is 33.1. The van der Waals surface area contributed by atoms with Crippen LogP contribution in [0.2, 0.25) is 0 Å². The zero-order valence-corrected chi connectivity index (χ0v) is 33.6. The number of nitrogens with zero attached hydrogens (tertiary/aromatic N) is 1. The van der Waals surface area contributed by atoms with Crippen molar-refractivity contribution in [3.63, 3.8) is 0 Å². The molecular formula is C41H62N3O7S2+. The maximum atomic E-state index is 13.9. The number of esters is 2. The Kier molecular flexibility index (Phi) is 10.9. The van der Waals surface area contributed by atoms with E-state index in [2.05, 4.69) is 23.2 Å². The van der Waals surface area contributed by atoms with Gasteiger partial charge in [0.25, 0.3) is 0 Å². The molecule has 1 spiro atoms. The minimum atomic E-state index is -0.948. The number of ether oxygens (including phenoxy) is 3. The highest BCUT2D eigenvalue weighted by Gasteiger charge is 2.68. The van der Waals surface area contributed by atoms with Gasteiger partial charge in [0.2, 0.25) is 5.91 Å². The first-order valence-corrected chi connectivity index (χ1v) is 23.2. The van der Waals surface area contributed by atoms with E-state index in [0.717, 1.165) is 82.4 Å². The minimum Gasteiger partial charge on any atom is -0.462 e. The van der Waals surface area contributed by atoms with E-state index in [1.807, 2.05) is 41.5 Å². The number of carbonyl (C=O) groups is 3. The number of rotatable bonds is 5. The first-order valence-electron chi connectivity index (χ1n) is 20.7. The summed E-state index contributed by atoms with van der Waals surface area (Å²) in [6, 6.07) is 0.318. The second kappa shape index (κ2) is 15.1. The lowest BCUT2D eigenvalue weighted by Gasteiger charge is -2.56. The number of hydrogen-bond acceptors (Lipinski definition) is 10. The van der Waals surface area contributed by atoms with Gasteiger partial charge in [0.05, 0.1) is 18.6 Å². The van der Waals surface area contributed by atoms with Gasteiger partial charge < -0.3 is 29.5 Å². The van der Waals surface area contributed by atoms with Crippen LogP contribution in [0.15, 0.2) is 23.3 Å². The fourth-order valence-corrected chi connectivity index (χ4v) is 14.9. The minimum absolute atomic E-state index is 0.0773. The smallest absolute Gasteiger partial charge is 0.334 e. The van der Waals surface area contributed by atoms with Crippen LogP contribution in [0.5, 0.6) is 0 Å². The maximum Gasteiger partial charge on any atom is 0.334 e. The van der Waals surface area contributed by atoms with E-state index in [9.17, 15) is 19.5 Å². The summed E-state index contributed by atoms with van der Waals surface area (Å²) in [4.78, 5) is 43.6. The summed E-state index contributed by atoms with van der Waals surface area (Å²) in [5.74, 6) is 2.05. The molecule has 12 heteroatoms. The molecule has 7 fully saturated rings. The van der Waals surface area contributed by atoms with E-state index < -0.39 is 11.2 Å². The number of carbonyl (C=O) groups excluding carboxylic acids is 3. The van der Waals surface area contributed by atoms with Crippen molar-refractivity contribution < 1.29 is 39.0 Å². The topological polar surface area (TPSA) is 145 Å². The zero-order chi connectivity index (χ0) is 37.1. The Morgan fingerprint density at radius 2 is 1.94 bits per heavy atom. The molecule has 0 aromatic carbocycles. The Morgan fingerprint density at radius 3 is 2.68 bits per heavy atom. The van der Waals surface area contributed by atoms with Gasteiger partial charge in [-0.05, 0) is 88.9 Å². The summed E-state index contributed by atoms with van der Waals surface area (Å²) in [6.45, 7) is 7.50. The quantitative estimate of drug-likeness (QED) is 0.158. The SMILES string of the molecule is CC=C(C)C(=O)O[C@@]1(C)CC=C2CSSC[C@@H]3CCN3C(=O)CC3C[NH2+]C(N)CC3[C@@H]2[C@@]12CC1CC3CC(C4(CCO)CCCC4)C(=O)OC3CC1O2. The molecule has 8 unspecified atom stereocenters. The molecule has 8 aliphatic rings. The molecule has 0 aromatic heterocycles. The molecule has 3 aliphatic carbocycles. The molecule has 12 atom stereocenters. The number of piperidine rings is 1. The third-order valence-electron chi connectivity index (χ3n) is 15.5. The Labute approximate surface area is 323 Å². The van der Waals surface area contributed by atoms with Gasteiger partial charge in [-0.2, -0.15) is 0 Å². The van der Waals surface area contributed by atoms with Crippen LogP contribution in [-0.2, 0) is 28.6 Å². The number of nitrogens with two attached hydrogens (primary N) is 2. The monoisotopic (exact) mass is 772 g/mol. The second-order valence-corrected chi connectivity index (χ2v) is 20.7. The van der Waals surface area contributed by atoms with Gasteiger partial charge >= 0.3 is 11.9 Å². The zero-order valence-electron chi connectivity index (χ0n) is 32.0. The lowest BCUT2D eigenvalue weighted by Crippen LogP contribution is -2.96. The van der Waals surface area contributed by atoms with Crippen molar-refractivity contribution in [1.29, 1.82) is 0 Å². The first kappa shape index (κ1) is 38.3. The Balaban J connectivity index is 1.16. The van der Waals surface area contributed by atoms with Crippen molar-refractivity contribution in [2.24, 2.45) is 46.7 Å². The Bertz CT molecular complexity index is 1500. The fraction of sp³-hybridized carbons (Fsp3) is 0.829. The van der Waals surface area contributed by atoms with Gasteiger partial charge in [-0.1, -0.05) is 52.2 Å². The number of allylic oxidation sites excluding steroid dienone is 1. The van der Waals surface area contributed by atoms with Crippen LogP contribution in [-0.4, -0.2) is 94.7 Å². The molecule has 5 saturated heterocycles. The van der Waals surface area contributed by atoms with E-state index in [0.29, 0.717) is 37.3 Å². The highest BCUT2D eigenvalue weighted by Crippen LogP contribution is 2.63. The Hall–Kier alpha value is -1.57. The van der Waals surface area contributed by atoms with Gasteiger partial charge in [0.1, 0.15) is 23.5 Å². The summed E-state index contributed by atoms with van der Waals surface area (Å²) in [6.07, 6.45) is 14.6. The van der Waals surface area contributed by atoms with Crippen molar-refractivity contribution in [1.82, 2.24) is 4.90 Å². The van der Waals surface area contributed by atoms with Gasteiger partial charge in [0, 0.05) is 73.8 Å². The maximum absolute atomic E-state index is 13.9. The van der Waals surface area contributed by atoms with Crippen LogP contribution in [0, 0.1) is 40.9 Å². The van der Waals surface area contributed by atoms with E-state index in [-0.39, 0.29) is 83.7 Å². The average molecular weight is 773 g/mol. The summed E-state index contributed by atoms with van der Waals surface area (Å²) in [7, 11) is 3.75. The fourth-order valence-electron chi connectivity index (χ4n) is 12.4. The van der Waals surface area contributed by atoms with E-state index in [1.165, 1.54) is 5.57 Å². The lowest BCUT2D eigenvalue weighted by atomic mass is 9.56. The van der Waals surface area contributed by atoms with Crippen LogP contribution >= 0.6 is 21.6 Å². The average Bonchev–Trinajstić information content (AvgIpc) is 3.74. The molecule has 0 bridgehead atoms. The van der Waals surface area contributed by atoms with Crippen molar-refractivity contribution in [3.05, 3.63) is 23.3 Å². The molecule has 5 aliphatic heterocycles. The molecule has 8 rings (SSSR count). The molecule has 0 aromatic rings. The lowest BCUT2D eigenvalue weighted by molar-refractivity contribution is -0.706. The number of hydrogen-bond donors (Lipinski definition) is 3. The summed E-state index contributed by atoms with van der Waals surface area (Å²) >= 11 is 0. The summed E-state index contributed by atoms with van der Waals surface area (Å²) < 4.78 is 20.7. The summed E-state index contributed by atoms with van der Waals surface area (Å²) in [5.41, 5.74) is 6.78. The predicted octanol–water partition coefficient (Wildman–Crippen LogP) is 4.50. The third-order valence-corrected chi connectivity index (χ3v) is 17.9. The van der Waals surface area contributed by atoms with E-state index in [4.69, 9.17) is 19.9 Å². The van der Waals surface area contributed by atoms with Crippen LogP contribution in [0.25, 0.3) is 0 Å². The number of aliphatic hydroxyl groups is 1. The predicted molar refractivity (Wildman–Crippen MR) is 205 cm³/mol. The molecular weight excluding hydrogens is 711 g/mol. The third kappa shape index (κ3) is 6.74. The molecule has 1 amide bonds. The van der Waals surface area contributed by atoms with Crippen molar-refractivity contribution >= 4 is 39.4 Å². The molecule has 5 heterocycles. The van der Waals surface area contributed by atoms with Crippen LogP contribution < -0.4 is 11.1 Å². The number of fused-ring (bicyclic) bond motifs is 7. The van der Waals surface area contributed by atoms with E-state index in [1.54, 1.807) is 0 Å². The normalized spacial score (nSPS) is 44.1. The summed E-state index contributed by atoms with van der Waals surface area (Å²) in [5, 5.41) is 12.3. The van der Waals surface area contributed by atoms with Gasteiger partial charge in [-0.3, -0.25) is 15.3 Å². The second-order valence-electron chi connectivity index (χ2n) is 18.2. The first-order chi connectivity index (χ1) is 25.5. The van der Waals surface area contributed by atoms with Crippen LogP contribution in [0.3, 0.4) is 0 Å². The van der Waals surface area contributed by atoms with Gasteiger partial charge in [-0.25, -0.2) is 4.79 Å². The highest BCUT2D eigenvalue weighted by molar-refractivity contribution is 8.76. The molecule has 53 heavy (non-hydrogen) atoms. The van der Waals surface area contributed by atoms with Gasteiger partial charge in [0.15, 0.2) is 0 Å². The molecule has 0 radical (unpaired) electrons. The number of amides is 1. The molecule has 5 N–H and O–H groups in total. The molecule has 2 saturated carbocycles. The standard InChI is InChI=1S/C41H61N3O7S2/c1-4-24(2)37(47)51-39(3)11-7-25-22-52-53-23-29-8-13-44(29)35(46)17-28-21-43-34(42)18-30(28)36(25)41(39)20-27-15-26-16-31(40(12-14-45)9-5-6-10-40)38(48)49-32(26)19-33(27)50-41/h4,7,26-34,36,43,45H,5-6,8-23,42H2,1-3H3/p+1/t26?,27?,28?,29-,30?,31?,32?,33?,34?,36+,39-,41-/m0/s1. The Morgan fingerprint density at radius 1 is 1.13 bits per heavy atom. The van der Waals surface area contributed by atoms with E-state index >= 15 is 0 Å². The number of aliphatic hydroxyl groups excluding tert-OH is 1.